The lowest BCUT2D eigenvalue weighted by Gasteiger charge is -2.69. The van der Waals surface area contributed by atoms with Crippen LogP contribution in [0.1, 0.15) is 85.1 Å². The monoisotopic (exact) mass is 464 g/mol. The standard InChI is InChI=1S/C30H40O4/c1-18-19-8-9-22-28(4,20(19)16-21(31)24(18)34-7)13-15-30(6)23-17-27(3,25(32)33)11-10-26(23,2)12-14-29(22,30)5/h8-9,16,23,31H,1,10-15,17H2,2-7H3,(H,32,33)/t23-,26-,27-,28+,29-,30+/m1/s1. The fourth-order valence-corrected chi connectivity index (χ4v) is 8.78. The lowest BCUT2D eigenvalue weighted by atomic mass is 9.35. The van der Waals surface area contributed by atoms with Crippen LogP contribution in [0.5, 0.6) is 11.5 Å². The Morgan fingerprint density at radius 3 is 2.35 bits per heavy atom. The number of ether oxygens (including phenoxy) is 1. The van der Waals surface area contributed by atoms with Gasteiger partial charge in [0.2, 0.25) is 0 Å². The maximum absolute atomic E-state index is 12.3. The van der Waals surface area contributed by atoms with E-state index in [1.165, 1.54) is 5.57 Å². The maximum Gasteiger partial charge on any atom is 0.309 e. The van der Waals surface area contributed by atoms with Crippen molar-refractivity contribution in [1.29, 1.82) is 0 Å². The average Bonchev–Trinajstić information content (AvgIpc) is 2.77. The Labute approximate surface area is 203 Å². The molecule has 0 saturated heterocycles. The smallest absolute Gasteiger partial charge is 0.309 e. The molecule has 3 fully saturated rings. The van der Waals surface area contributed by atoms with Gasteiger partial charge in [0.15, 0.2) is 11.5 Å². The zero-order valence-electron chi connectivity index (χ0n) is 21.7. The van der Waals surface area contributed by atoms with E-state index in [4.69, 9.17) is 4.74 Å². The molecule has 3 saturated carbocycles. The van der Waals surface area contributed by atoms with Crippen LogP contribution in [-0.2, 0) is 10.2 Å². The number of aromatic hydroxyl groups is 1. The summed E-state index contributed by atoms with van der Waals surface area (Å²) in [5.74, 6) is 0.331. The van der Waals surface area contributed by atoms with Crippen molar-refractivity contribution in [3.8, 4) is 11.5 Å². The number of phenolic OH excluding ortho intramolecular Hbond substituents is 1. The minimum absolute atomic E-state index is 0.0234. The van der Waals surface area contributed by atoms with E-state index < -0.39 is 11.4 Å². The Kier molecular flexibility index (Phi) is 4.79. The number of carboxylic acids is 1. The summed E-state index contributed by atoms with van der Waals surface area (Å²) in [6.07, 6.45) is 11.3. The topological polar surface area (TPSA) is 66.8 Å². The van der Waals surface area contributed by atoms with Gasteiger partial charge in [-0.05, 0) is 90.9 Å². The Morgan fingerprint density at radius 2 is 1.71 bits per heavy atom. The molecule has 4 nitrogen and oxygen atoms in total. The van der Waals surface area contributed by atoms with Crippen molar-refractivity contribution in [2.75, 3.05) is 7.11 Å². The largest absolute Gasteiger partial charge is 0.504 e. The van der Waals surface area contributed by atoms with E-state index in [1.54, 1.807) is 7.11 Å². The molecular weight excluding hydrogens is 424 g/mol. The van der Waals surface area contributed by atoms with Crippen LogP contribution < -0.4 is 15.2 Å². The van der Waals surface area contributed by atoms with E-state index in [9.17, 15) is 15.0 Å². The second kappa shape index (κ2) is 6.92. The van der Waals surface area contributed by atoms with E-state index in [-0.39, 0.29) is 27.4 Å². The van der Waals surface area contributed by atoms with Gasteiger partial charge in [-0.15, -0.1) is 0 Å². The van der Waals surface area contributed by atoms with Gasteiger partial charge in [0, 0.05) is 10.6 Å². The van der Waals surface area contributed by atoms with Crippen LogP contribution in [0.3, 0.4) is 0 Å². The lowest BCUT2D eigenvalue weighted by Crippen LogP contribution is -2.63. The van der Waals surface area contributed by atoms with Crippen molar-refractivity contribution in [1.82, 2.24) is 0 Å². The van der Waals surface area contributed by atoms with Crippen LogP contribution in [0.2, 0.25) is 0 Å². The van der Waals surface area contributed by atoms with Crippen LogP contribution in [0.25, 0.3) is 12.7 Å². The summed E-state index contributed by atoms with van der Waals surface area (Å²) in [6, 6.07) is 1.90. The number of carbonyl (C=O) groups is 1. The highest BCUT2D eigenvalue weighted by molar-refractivity contribution is 5.74. The second-order valence-corrected chi connectivity index (χ2v) is 13.0. The summed E-state index contributed by atoms with van der Waals surface area (Å²) in [4.78, 5) is 12.3. The highest BCUT2D eigenvalue weighted by Gasteiger charge is 2.66. The van der Waals surface area contributed by atoms with Gasteiger partial charge in [-0.2, -0.15) is 0 Å². The second-order valence-electron chi connectivity index (χ2n) is 13.0. The maximum atomic E-state index is 12.3. The number of benzene rings is 1. The summed E-state index contributed by atoms with van der Waals surface area (Å²) in [7, 11) is 1.57. The predicted molar refractivity (Wildman–Crippen MR) is 135 cm³/mol. The van der Waals surface area contributed by atoms with Gasteiger partial charge in [0.05, 0.1) is 12.5 Å². The molecule has 0 radical (unpaired) electrons. The highest BCUT2D eigenvalue weighted by atomic mass is 16.5. The highest BCUT2D eigenvalue weighted by Crippen LogP contribution is 2.74. The third kappa shape index (κ3) is 2.69. The van der Waals surface area contributed by atoms with E-state index in [0.29, 0.717) is 11.7 Å². The minimum Gasteiger partial charge on any atom is -0.504 e. The molecule has 34 heavy (non-hydrogen) atoms. The molecule has 4 heteroatoms. The number of carboxylic acid groups (broad SMARTS) is 1. The molecule has 0 spiro atoms. The van der Waals surface area contributed by atoms with Gasteiger partial charge >= 0.3 is 5.97 Å². The molecular formula is C30H40O4. The van der Waals surface area contributed by atoms with Gasteiger partial charge in [0.25, 0.3) is 0 Å². The number of rotatable bonds is 2. The number of methoxy groups -OCH3 is 1. The molecule has 4 aliphatic rings. The summed E-state index contributed by atoms with van der Waals surface area (Å²) in [5, 5.41) is 22.6. The van der Waals surface area contributed by atoms with Crippen molar-refractivity contribution < 1.29 is 19.7 Å². The number of phenols is 1. The molecule has 0 unspecified atom stereocenters. The van der Waals surface area contributed by atoms with Crippen molar-refractivity contribution in [2.45, 2.75) is 85.0 Å². The van der Waals surface area contributed by atoms with Crippen molar-refractivity contribution >= 4 is 18.6 Å². The van der Waals surface area contributed by atoms with Crippen molar-refractivity contribution in [2.24, 2.45) is 27.6 Å². The first kappa shape index (κ1) is 23.5. The van der Waals surface area contributed by atoms with Gasteiger partial charge in [-0.25, -0.2) is 0 Å². The zero-order valence-corrected chi connectivity index (χ0v) is 21.7. The predicted octanol–water partition coefficient (Wildman–Crippen LogP) is 5.29. The summed E-state index contributed by atoms with van der Waals surface area (Å²) < 4.78 is 5.44. The van der Waals surface area contributed by atoms with Crippen molar-refractivity contribution in [3.63, 3.8) is 0 Å². The number of aliphatic carboxylic acids is 1. The number of allylic oxidation sites excluding steroid dienone is 2. The van der Waals surface area contributed by atoms with Crippen LogP contribution in [0, 0.1) is 27.6 Å². The lowest BCUT2D eigenvalue weighted by molar-refractivity contribution is -0.177. The Hall–Kier alpha value is -2.23. The summed E-state index contributed by atoms with van der Waals surface area (Å²) in [6.45, 7) is 15.9. The molecule has 5 rings (SSSR count). The molecule has 184 valence electrons. The molecule has 4 aliphatic carbocycles. The number of hydrogen-bond donors (Lipinski definition) is 2. The van der Waals surface area contributed by atoms with E-state index >= 15 is 0 Å². The fraction of sp³-hybridized carbons (Fsp3) is 0.633. The number of fused-ring (bicyclic) bond motifs is 7. The molecule has 0 aromatic heterocycles. The number of hydrogen-bond acceptors (Lipinski definition) is 3. The Bertz CT molecular complexity index is 1230. The van der Waals surface area contributed by atoms with Gasteiger partial charge < -0.3 is 14.9 Å². The van der Waals surface area contributed by atoms with E-state index in [1.807, 2.05) is 13.0 Å². The molecule has 0 bridgehead atoms. The Morgan fingerprint density at radius 1 is 1.03 bits per heavy atom. The third-order valence-electron chi connectivity index (χ3n) is 11.4. The first-order valence-electron chi connectivity index (χ1n) is 12.8. The molecule has 0 heterocycles. The van der Waals surface area contributed by atoms with Gasteiger partial charge in [-0.1, -0.05) is 52.0 Å². The van der Waals surface area contributed by atoms with Crippen LogP contribution in [-0.4, -0.2) is 23.3 Å². The summed E-state index contributed by atoms with van der Waals surface area (Å²) >= 11 is 0. The van der Waals surface area contributed by atoms with E-state index in [2.05, 4.69) is 46.4 Å². The fourth-order valence-electron chi connectivity index (χ4n) is 8.78. The first-order chi connectivity index (χ1) is 15.8. The first-order valence-corrected chi connectivity index (χ1v) is 12.8. The summed E-state index contributed by atoms with van der Waals surface area (Å²) in [5.41, 5.74) is 1.94. The zero-order chi connectivity index (χ0) is 24.9. The third-order valence-corrected chi connectivity index (χ3v) is 11.4. The minimum atomic E-state index is -0.642. The van der Waals surface area contributed by atoms with Crippen LogP contribution in [0.15, 0.2) is 17.7 Å². The molecule has 0 aliphatic heterocycles. The van der Waals surface area contributed by atoms with Crippen molar-refractivity contribution in [3.05, 3.63) is 33.7 Å². The molecule has 1 aromatic carbocycles. The van der Waals surface area contributed by atoms with E-state index in [0.717, 1.165) is 60.9 Å². The SMILES string of the molecule is C=c1c(OC)c(O)cc2c1=CC=C1[C@@]2(C)CC[C@@]2(C)[C@@H]3C[C@](C)(C(=O)O)CC[C@]3(C)CC[C@]12C. The molecule has 1 aromatic rings. The van der Waals surface area contributed by atoms with Gasteiger partial charge in [0.1, 0.15) is 0 Å². The Balaban J connectivity index is 1.67. The van der Waals surface area contributed by atoms with Crippen LogP contribution in [0.4, 0.5) is 0 Å². The normalized spacial score (nSPS) is 42.8. The average molecular weight is 465 g/mol. The quantitative estimate of drug-likeness (QED) is 0.624. The molecule has 0 amide bonds. The molecule has 2 N–H and O–H groups in total. The van der Waals surface area contributed by atoms with Gasteiger partial charge in [-0.3, -0.25) is 4.79 Å². The van der Waals surface area contributed by atoms with Crippen LogP contribution >= 0.6 is 0 Å². The molecule has 6 atom stereocenters.